The van der Waals surface area contributed by atoms with Gasteiger partial charge in [-0.15, -0.1) is 11.8 Å². The summed E-state index contributed by atoms with van der Waals surface area (Å²) in [5.41, 5.74) is 0.715. The first-order chi connectivity index (χ1) is 6.69. The van der Waals surface area contributed by atoms with Crippen molar-refractivity contribution in [2.24, 2.45) is 0 Å². The van der Waals surface area contributed by atoms with Crippen LogP contribution in [0.5, 0.6) is 5.75 Å². The molecular weight excluding hydrogens is 198 g/mol. The van der Waals surface area contributed by atoms with Crippen LogP contribution in [0, 0.1) is 0 Å². The Balaban J connectivity index is 3.08. The standard InChI is InChI=1S/C10H13NO2S/c1-7(12)11-8-5-4-6-9(14-3)10(8)13-2/h4-6H,1-3H3,(H,11,12). The van der Waals surface area contributed by atoms with Gasteiger partial charge in [0.1, 0.15) is 0 Å². The Bertz CT molecular complexity index is 339. The lowest BCUT2D eigenvalue weighted by Gasteiger charge is -2.11. The van der Waals surface area contributed by atoms with Gasteiger partial charge < -0.3 is 10.1 Å². The Morgan fingerprint density at radius 3 is 2.71 bits per heavy atom. The van der Waals surface area contributed by atoms with Gasteiger partial charge in [-0.1, -0.05) is 6.07 Å². The zero-order valence-corrected chi connectivity index (χ0v) is 9.27. The van der Waals surface area contributed by atoms with Crippen molar-refractivity contribution in [3.8, 4) is 5.75 Å². The molecule has 3 nitrogen and oxygen atoms in total. The van der Waals surface area contributed by atoms with Gasteiger partial charge in [0.05, 0.1) is 17.7 Å². The Labute approximate surface area is 87.8 Å². The van der Waals surface area contributed by atoms with Crippen LogP contribution in [-0.2, 0) is 4.79 Å². The first-order valence-electron chi connectivity index (χ1n) is 4.17. The van der Waals surface area contributed by atoms with Crippen molar-refractivity contribution in [3.63, 3.8) is 0 Å². The van der Waals surface area contributed by atoms with Crippen LogP contribution in [0.2, 0.25) is 0 Å². The summed E-state index contributed by atoms with van der Waals surface area (Å²) in [5, 5.41) is 2.72. The topological polar surface area (TPSA) is 38.3 Å². The summed E-state index contributed by atoms with van der Waals surface area (Å²) in [5.74, 6) is 0.622. The highest BCUT2D eigenvalue weighted by molar-refractivity contribution is 7.98. The number of ether oxygens (including phenoxy) is 1. The maximum atomic E-state index is 10.9. The molecule has 4 heteroatoms. The third-order valence-electron chi connectivity index (χ3n) is 1.71. The minimum Gasteiger partial charge on any atom is -0.493 e. The van der Waals surface area contributed by atoms with Crippen LogP contribution in [0.3, 0.4) is 0 Å². The molecule has 0 saturated carbocycles. The van der Waals surface area contributed by atoms with E-state index in [4.69, 9.17) is 4.74 Å². The zero-order chi connectivity index (χ0) is 10.6. The smallest absolute Gasteiger partial charge is 0.221 e. The Morgan fingerprint density at radius 2 is 2.21 bits per heavy atom. The monoisotopic (exact) mass is 211 g/mol. The van der Waals surface area contributed by atoms with Crippen LogP contribution in [0.1, 0.15) is 6.92 Å². The van der Waals surface area contributed by atoms with E-state index in [0.717, 1.165) is 10.6 Å². The van der Waals surface area contributed by atoms with Crippen molar-refractivity contribution in [2.45, 2.75) is 11.8 Å². The van der Waals surface area contributed by atoms with E-state index < -0.39 is 0 Å². The summed E-state index contributed by atoms with van der Waals surface area (Å²) in [7, 11) is 1.60. The summed E-state index contributed by atoms with van der Waals surface area (Å²) in [6, 6.07) is 5.66. The van der Waals surface area contributed by atoms with Crippen molar-refractivity contribution < 1.29 is 9.53 Å². The third kappa shape index (κ3) is 2.42. The van der Waals surface area contributed by atoms with Crippen LogP contribution in [0.4, 0.5) is 5.69 Å². The maximum absolute atomic E-state index is 10.9. The molecule has 0 heterocycles. The van der Waals surface area contributed by atoms with E-state index in [9.17, 15) is 4.79 Å². The molecule has 0 aliphatic rings. The number of hydrogen-bond acceptors (Lipinski definition) is 3. The Kier molecular flexibility index (Phi) is 3.83. The molecule has 76 valence electrons. The molecule has 0 aliphatic carbocycles. The van der Waals surface area contributed by atoms with Crippen molar-refractivity contribution in [1.29, 1.82) is 0 Å². The molecule has 0 aliphatic heterocycles. The van der Waals surface area contributed by atoms with E-state index in [2.05, 4.69) is 5.32 Å². The van der Waals surface area contributed by atoms with Crippen LogP contribution < -0.4 is 10.1 Å². The first kappa shape index (κ1) is 10.9. The summed E-state index contributed by atoms with van der Waals surface area (Å²) >= 11 is 1.58. The van der Waals surface area contributed by atoms with E-state index in [1.807, 2.05) is 24.5 Å². The molecule has 0 radical (unpaired) electrons. The summed E-state index contributed by atoms with van der Waals surface area (Å²) < 4.78 is 5.23. The number of nitrogens with one attached hydrogen (secondary N) is 1. The lowest BCUT2D eigenvalue weighted by Crippen LogP contribution is -2.07. The van der Waals surface area contributed by atoms with Gasteiger partial charge in [0.25, 0.3) is 0 Å². The highest BCUT2D eigenvalue weighted by Crippen LogP contribution is 2.34. The predicted octanol–water partition coefficient (Wildman–Crippen LogP) is 2.38. The SMILES string of the molecule is COc1c(NC(C)=O)cccc1SC. The highest BCUT2D eigenvalue weighted by Gasteiger charge is 2.08. The second-order valence-electron chi connectivity index (χ2n) is 2.72. The van der Waals surface area contributed by atoms with Crippen molar-refractivity contribution in [3.05, 3.63) is 18.2 Å². The number of benzene rings is 1. The van der Waals surface area contributed by atoms with Gasteiger partial charge in [0.2, 0.25) is 5.91 Å². The summed E-state index contributed by atoms with van der Waals surface area (Å²) in [6.45, 7) is 1.48. The molecule has 1 rings (SSSR count). The van der Waals surface area contributed by atoms with Crippen molar-refractivity contribution in [2.75, 3.05) is 18.7 Å². The van der Waals surface area contributed by atoms with Gasteiger partial charge in [-0.3, -0.25) is 4.79 Å². The van der Waals surface area contributed by atoms with Crippen LogP contribution in [0.25, 0.3) is 0 Å². The molecule has 1 aromatic rings. The molecule has 0 aromatic heterocycles. The molecule has 1 N–H and O–H groups in total. The van der Waals surface area contributed by atoms with Gasteiger partial charge in [-0.2, -0.15) is 0 Å². The van der Waals surface area contributed by atoms with Crippen LogP contribution in [0.15, 0.2) is 23.1 Å². The fraction of sp³-hybridized carbons (Fsp3) is 0.300. The summed E-state index contributed by atoms with van der Waals surface area (Å²) in [6.07, 6.45) is 1.97. The zero-order valence-electron chi connectivity index (χ0n) is 8.46. The fourth-order valence-corrected chi connectivity index (χ4v) is 1.77. The minimum absolute atomic E-state index is 0.0958. The maximum Gasteiger partial charge on any atom is 0.221 e. The summed E-state index contributed by atoms with van der Waals surface area (Å²) in [4.78, 5) is 11.9. The van der Waals surface area contributed by atoms with Crippen molar-refractivity contribution in [1.82, 2.24) is 0 Å². The van der Waals surface area contributed by atoms with Gasteiger partial charge >= 0.3 is 0 Å². The molecule has 0 spiro atoms. The fourth-order valence-electron chi connectivity index (χ4n) is 1.18. The quantitative estimate of drug-likeness (QED) is 0.780. The number of methoxy groups -OCH3 is 1. The van der Waals surface area contributed by atoms with Crippen LogP contribution >= 0.6 is 11.8 Å². The molecule has 0 unspecified atom stereocenters. The lowest BCUT2D eigenvalue weighted by molar-refractivity contribution is -0.114. The van der Waals surface area contributed by atoms with E-state index in [0.29, 0.717) is 5.69 Å². The molecule has 14 heavy (non-hydrogen) atoms. The van der Waals surface area contributed by atoms with Gasteiger partial charge in [-0.25, -0.2) is 0 Å². The number of carbonyl (C=O) groups is 1. The number of thioether (sulfide) groups is 1. The van der Waals surface area contributed by atoms with Gasteiger partial charge in [0.15, 0.2) is 5.75 Å². The molecular formula is C10H13NO2S. The average Bonchev–Trinajstić information content (AvgIpc) is 2.16. The van der Waals surface area contributed by atoms with E-state index >= 15 is 0 Å². The van der Waals surface area contributed by atoms with Gasteiger partial charge in [-0.05, 0) is 18.4 Å². The Hall–Kier alpha value is -1.16. The van der Waals surface area contributed by atoms with E-state index in [1.54, 1.807) is 18.9 Å². The lowest BCUT2D eigenvalue weighted by atomic mass is 10.3. The predicted molar refractivity (Wildman–Crippen MR) is 59.1 cm³/mol. The first-order valence-corrected chi connectivity index (χ1v) is 5.40. The normalized spacial score (nSPS) is 9.64. The number of amides is 1. The molecule has 0 fully saturated rings. The molecule has 0 atom stereocenters. The van der Waals surface area contributed by atoms with E-state index in [1.165, 1.54) is 6.92 Å². The Morgan fingerprint density at radius 1 is 1.50 bits per heavy atom. The van der Waals surface area contributed by atoms with Crippen LogP contribution in [-0.4, -0.2) is 19.3 Å². The molecule has 1 aromatic carbocycles. The molecule has 0 saturated heterocycles. The number of para-hydroxylation sites is 1. The second kappa shape index (κ2) is 4.91. The average molecular weight is 211 g/mol. The number of hydrogen-bond donors (Lipinski definition) is 1. The number of rotatable bonds is 3. The second-order valence-corrected chi connectivity index (χ2v) is 3.57. The van der Waals surface area contributed by atoms with Gasteiger partial charge in [0, 0.05) is 6.92 Å². The third-order valence-corrected chi connectivity index (χ3v) is 2.47. The van der Waals surface area contributed by atoms with E-state index in [-0.39, 0.29) is 5.91 Å². The number of anilines is 1. The number of carbonyl (C=O) groups excluding carboxylic acids is 1. The highest BCUT2D eigenvalue weighted by atomic mass is 32.2. The molecule has 0 bridgehead atoms. The van der Waals surface area contributed by atoms with Crippen molar-refractivity contribution >= 4 is 23.4 Å². The minimum atomic E-state index is -0.0958. The molecule has 1 amide bonds. The largest absolute Gasteiger partial charge is 0.493 e.